The largest absolute Gasteiger partial charge is 0.314 e. The molecule has 1 aromatic carbocycles. The quantitative estimate of drug-likeness (QED) is 0.929. The zero-order valence-corrected chi connectivity index (χ0v) is 11.3. The van der Waals surface area contributed by atoms with Gasteiger partial charge in [0.15, 0.2) is 0 Å². The van der Waals surface area contributed by atoms with Crippen LogP contribution in [0.3, 0.4) is 0 Å². The summed E-state index contributed by atoms with van der Waals surface area (Å²) in [4.78, 5) is 6.58. The minimum atomic E-state index is -0.171. The molecule has 0 aliphatic carbocycles. The minimum absolute atomic E-state index is 0.171. The molecule has 1 unspecified atom stereocenters. The third-order valence-corrected chi connectivity index (χ3v) is 3.70. The summed E-state index contributed by atoms with van der Waals surface area (Å²) in [6, 6.07) is 11.2. The highest BCUT2D eigenvalue weighted by molar-refractivity contribution is 5.19. The number of rotatable bonds is 3. The van der Waals surface area contributed by atoms with E-state index in [1.165, 1.54) is 11.6 Å². The van der Waals surface area contributed by atoms with E-state index in [1.54, 1.807) is 18.3 Å². The van der Waals surface area contributed by atoms with Crippen LogP contribution >= 0.6 is 0 Å². The highest BCUT2D eigenvalue weighted by atomic mass is 19.1. The Hall–Kier alpha value is -1.78. The Bertz CT molecular complexity index is 559. The Morgan fingerprint density at radius 1 is 1.30 bits per heavy atom. The summed E-state index contributed by atoms with van der Waals surface area (Å²) in [6.07, 6.45) is 3.70. The van der Waals surface area contributed by atoms with Crippen LogP contribution in [0.5, 0.6) is 0 Å². The van der Waals surface area contributed by atoms with Crippen LogP contribution in [0, 0.1) is 5.82 Å². The molecule has 0 radical (unpaired) electrons. The van der Waals surface area contributed by atoms with Crippen LogP contribution in [0.4, 0.5) is 4.39 Å². The van der Waals surface area contributed by atoms with E-state index in [4.69, 9.17) is 0 Å². The number of hydrogen-bond acceptors (Lipinski definition) is 3. The van der Waals surface area contributed by atoms with E-state index in [1.807, 2.05) is 18.3 Å². The molecule has 2 heterocycles. The van der Waals surface area contributed by atoms with Gasteiger partial charge in [-0.05, 0) is 29.3 Å². The fourth-order valence-corrected chi connectivity index (χ4v) is 2.71. The first kappa shape index (κ1) is 13.2. The average molecular weight is 271 g/mol. The lowest BCUT2D eigenvalue weighted by atomic mass is 10.0. The van der Waals surface area contributed by atoms with Gasteiger partial charge < -0.3 is 5.32 Å². The third kappa shape index (κ3) is 3.03. The third-order valence-electron chi connectivity index (χ3n) is 3.70. The molecule has 1 fully saturated rings. The second-order valence-corrected chi connectivity index (χ2v) is 5.11. The molecule has 104 valence electrons. The van der Waals surface area contributed by atoms with Crippen molar-refractivity contribution in [3.05, 3.63) is 65.7 Å². The molecule has 4 heteroatoms. The van der Waals surface area contributed by atoms with Crippen LogP contribution in [-0.2, 0) is 6.54 Å². The summed E-state index contributed by atoms with van der Waals surface area (Å²) in [7, 11) is 0. The molecule has 1 saturated heterocycles. The normalized spacial score (nSPS) is 19.9. The Balaban J connectivity index is 1.79. The van der Waals surface area contributed by atoms with Crippen molar-refractivity contribution in [2.24, 2.45) is 0 Å². The lowest BCUT2D eigenvalue weighted by Gasteiger charge is -2.36. The fraction of sp³-hybridized carbons (Fsp3) is 0.312. The molecule has 0 amide bonds. The number of nitrogens with one attached hydrogen (secondary N) is 1. The molecule has 1 aliphatic rings. The molecule has 20 heavy (non-hydrogen) atoms. The van der Waals surface area contributed by atoms with Gasteiger partial charge in [0.05, 0.1) is 0 Å². The number of pyridine rings is 1. The van der Waals surface area contributed by atoms with Gasteiger partial charge in [-0.15, -0.1) is 0 Å². The number of halogens is 1. The smallest absolute Gasteiger partial charge is 0.123 e. The van der Waals surface area contributed by atoms with Crippen molar-refractivity contribution in [3.8, 4) is 0 Å². The minimum Gasteiger partial charge on any atom is -0.314 e. The van der Waals surface area contributed by atoms with Gasteiger partial charge in [0.2, 0.25) is 0 Å². The van der Waals surface area contributed by atoms with Gasteiger partial charge in [-0.25, -0.2) is 4.39 Å². The van der Waals surface area contributed by atoms with Gasteiger partial charge in [-0.2, -0.15) is 0 Å². The first-order valence-corrected chi connectivity index (χ1v) is 6.92. The maximum absolute atomic E-state index is 13.3. The maximum Gasteiger partial charge on any atom is 0.123 e. The second kappa shape index (κ2) is 6.11. The zero-order chi connectivity index (χ0) is 13.8. The van der Waals surface area contributed by atoms with E-state index in [0.29, 0.717) is 6.04 Å². The standard InChI is InChI=1S/C16H18FN3/c17-15-5-1-3-13(9-15)12-20-8-7-19-11-16(20)14-4-2-6-18-10-14/h1-6,9-10,16,19H,7-8,11-12H2. The van der Waals surface area contributed by atoms with E-state index < -0.39 is 0 Å². The van der Waals surface area contributed by atoms with E-state index in [0.717, 1.165) is 31.7 Å². The predicted molar refractivity (Wildman–Crippen MR) is 76.7 cm³/mol. The van der Waals surface area contributed by atoms with Gasteiger partial charge in [-0.3, -0.25) is 9.88 Å². The van der Waals surface area contributed by atoms with Crippen molar-refractivity contribution in [3.63, 3.8) is 0 Å². The highest BCUT2D eigenvalue weighted by Gasteiger charge is 2.23. The Kier molecular flexibility index (Phi) is 4.04. The fourth-order valence-electron chi connectivity index (χ4n) is 2.71. The molecular formula is C16H18FN3. The monoisotopic (exact) mass is 271 g/mol. The molecule has 1 atom stereocenters. The SMILES string of the molecule is Fc1cccc(CN2CCNCC2c2cccnc2)c1. The summed E-state index contributed by atoms with van der Waals surface area (Å²) < 4.78 is 13.3. The molecule has 0 bridgehead atoms. The van der Waals surface area contributed by atoms with Crippen molar-refractivity contribution < 1.29 is 4.39 Å². The predicted octanol–water partition coefficient (Wildman–Crippen LogP) is 2.37. The number of nitrogens with zero attached hydrogens (tertiary/aromatic N) is 2. The Morgan fingerprint density at radius 3 is 3.05 bits per heavy atom. The van der Waals surface area contributed by atoms with Crippen LogP contribution in [0.25, 0.3) is 0 Å². The zero-order valence-electron chi connectivity index (χ0n) is 11.3. The molecule has 2 aromatic rings. The van der Waals surface area contributed by atoms with Crippen LogP contribution in [0.1, 0.15) is 17.2 Å². The van der Waals surface area contributed by atoms with Crippen molar-refractivity contribution in [2.75, 3.05) is 19.6 Å². The van der Waals surface area contributed by atoms with Crippen molar-refractivity contribution >= 4 is 0 Å². The molecule has 0 saturated carbocycles. The molecule has 1 aliphatic heterocycles. The van der Waals surface area contributed by atoms with Gasteiger partial charge in [0, 0.05) is 44.6 Å². The van der Waals surface area contributed by atoms with E-state index in [9.17, 15) is 4.39 Å². The molecule has 3 nitrogen and oxygen atoms in total. The van der Waals surface area contributed by atoms with Crippen LogP contribution in [-0.4, -0.2) is 29.5 Å². The molecule has 1 N–H and O–H groups in total. The Labute approximate surface area is 118 Å². The van der Waals surface area contributed by atoms with Crippen molar-refractivity contribution in [1.82, 2.24) is 15.2 Å². The number of aromatic nitrogens is 1. The van der Waals surface area contributed by atoms with Crippen LogP contribution < -0.4 is 5.32 Å². The van der Waals surface area contributed by atoms with Gasteiger partial charge in [-0.1, -0.05) is 18.2 Å². The molecule has 3 rings (SSSR count). The van der Waals surface area contributed by atoms with E-state index in [2.05, 4.69) is 21.3 Å². The molecular weight excluding hydrogens is 253 g/mol. The summed E-state index contributed by atoms with van der Waals surface area (Å²) >= 11 is 0. The number of benzene rings is 1. The summed E-state index contributed by atoms with van der Waals surface area (Å²) in [6.45, 7) is 3.59. The number of hydrogen-bond donors (Lipinski definition) is 1. The summed E-state index contributed by atoms with van der Waals surface area (Å²) in [5.74, 6) is -0.171. The highest BCUT2D eigenvalue weighted by Crippen LogP contribution is 2.23. The summed E-state index contributed by atoms with van der Waals surface area (Å²) in [5.41, 5.74) is 2.22. The van der Waals surface area contributed by atoms with Gasteiger partial charge in [0.1, 0.15) is 5.82 Å². The van der Waals surface area contributed by atoms with Crippen molar-refractivity contribution in [1.29, 1.82) is 0 Å². The number of piperazine rings is 1. The Morgan fingerprint density at radius 2 is 2.25 bits per heavy atom. The van der Waals surface area contributed by atoms with E-state index in [-0.39, 0.29) is 5.82 Å². The first-order valence-electron chi connectivity index (χ1n) is 6.92. The lowest BCUT2D eigenvalue weighted by Crippen LogP contribution is -2.45. The topological polar surface area (TPSA) is 28.2 Å². The maximum atomic E-state index is 13.3. The average Bonchev–Trinajstić information content (AvgIpc) is 2.49. The van der Waals surface area contributed by atoms with Crippen LogP contribution in [0.15, 0.2) is 48.8 Å². The first-order chi connectivity index (χ1) is 9.83. The second-order valence-electron chi connectivity index (χ2n) is 5.11. The molecule has 0 spiro atoms. The van der Waals surface area contributed by atoms with Crippen molar-refractivity contribution in [2.45, 2.75) is 12.6 Å². The van der Waals surface area contributed by atoms with E-state index >= 15 is 0 Å². The summed E-state index contributed by atoms with van der Waals surface area (Å²) in [5, 5.41) is 3.42. The molecule has 1 aromatic heterocycles. The lowest BCUT2D eigenvalue weighted by molar-refractivity contribution is 0.153. The van der Waals surface area contributed by atoms with Crippen LogP contribution in [0.2, 0.25) is 0 Å². The van der Waals surface area contributed by atoms with Gasteiger partial charge in [0.25, 0.3) is 0 Å². The van der Waals surface area contributed by atoms with Gasteiger partial charge >= 0.3 is 0 Å².